The Morgan fingerprint density at radius 1 is 1.07 bits per heavy atom. The molecular formula is C37H41ClN4O3. The summed E-state index contributed by atoms with van der Waals surface area (Å²) in [5.74, 6) is 1.61. The van der Waals surface area contributed by atoms with Crippen LogP contribution in [0, 0.1) is 29.1 Å². The van der Waals surface area contributed by atoms with Crippen LogP contribution in [0.1, 0.15) is 79.8 Å². The number of nitrogens with one attached hydrogen (secondary N) is 1. The molecule has 7 nitrogen and oxygen atoms in total. The van der Waals surface area contributed by atoms with Gasteiger partial charge < -0.3 is 14.6 Å². The molecule has 0 radical (unpaired) electrons. The molecule has 0 unspecified atom stereocenters. The molecule has 2 aromatic carbocycles. The Morgan fingerprint density at radius 3 is 2.36 bits per heavy atom. The fourth-order valence-electron chi connectivity index (χ4n) is 6.44. The van der Waals surface area contributed by atoms with E-state index >= 15 is 0 Å². The van der Waals surface area contributed by atoms with E-state index in [1.807, 2.05) is 29.2 Å². The Bertz CT molecular complexity index is 1650. The number of aromatic nitrogens is 1. The van der Waals surface area contributed by atoms with Gasteiger partial charge in [-0.15, -0.1) is 0 Å². The highest BCUT2D eigenvalue weighted by Gasteiger charge is 2.32. The lowest BCUT2D eigenvalue weighted by Gasteiger charge is -2.36. The Morgan fingerprint density at radius 2 is 1.73 bits per heavy atom. The zero-order chi connectivity index (χ0) is 32.1. The molecule has 2 heterocycles. The van der Waals surface area contributed by atoms with E-state index in [-0.39, 0.29) is 23.7 Å². The second-order valence-corrected chi connectivity index (χ2v) is 13.1. The number of rotatable bonds is 9. The van der Waals surface area contributed by atoms with Gasteiger partial charge in [0.25, 0.3) is 5.91 Å². The van der Waals surface area contributed by atoms with Crippen molar-refractivity contribution < 1.29 is 14.0 Å². The number of carbonyl (C=O) groups is 2. The van der Waals surface area contributed by atoms with Gasteiger partial charge in [-0.1, -0.05) is 50.3 Å². The van der Waals surface area contributed by atoms with Crippen molar-refractivity contribution in [3.05, 3.63) is 89.0 Å². The van der Waals surface area contributed by atoms with Gasteiger partial charge in [-0.25, -0.2) is 4.98 Å². The van der Waals surface area contributed by atoms with Crippen molar-refractivity contribution in [1.29, 1.82) is 5.26 Å². The van der Waals surface area contributed by atoms with Gasteiger partial charge in [-0.05, 0) is 98.8 Å². The first-order valence-electron chi connectivity index (χ1n) is 15.9. The molecular weight excluding hydrogens is 584 g/mol. The van der Waals surface area contributed by atoms with Crippen LogP contribution in [-0.2, 0) is 4.79 Å². The largest absolute Gasteiger partial charge is 0.436 e. The molecule has 2 fully saturated rings. The fourth-order valence-corrected chi connectivity index (χ4v) is 6.50. The first-order chi connectivity index (χ1) is 21.6. The van der Waals surface area contributed by atoms with Crippen molar-refractivity contribution in [1.82, 2.24) is 15.2 Å². The first-order valence-corrected chi connectivity index (χ1v) is 16.2. The van der Waals surface area contributed by atoms with E-state index in [1.165, 1.54) is 0 Å². The third-order valence-corrected chi connectivity index (χ3v) is 9.35. The van der Waals surface area contributed by atoms with E-state index in [9.17, 15) is 14.9 Å². The highest BCUT2D eigenvalue weighted by molar-refractivity contribution is 6.30. The van der Waals surface area contributed by atoms with Crippen LogP contribution in [0.5, 0.6) is 0 Å². The van der Waals surface area contributed by atoms with Crippen LogP contribution in [0.3, 0.4) is 0 Å². The molecule has 0 bridgehead atoms. The van der Waals surface area contributed by atoms with Crippen LogP contribution in [0.25, 0.3) is 22.6 Å². The van der Waals surface area contributed by atoms with Gasteiger partial charge in [-0.2, -0.15) is 5.26 Å². The second-order valence-electron chi connectivity index (χ2n) is 12.7. The van der Waals surface area contributed by atoms with Gasteiger partial charge in [0.05, 0.1) is 11.6 Å². The maximum Gasteiger partial charge on any atom is 0.251 e. The summed E-state index contributed by atoms with van der Waals surface area (Å²) in [7, 11) is 0. The van der Waals surface area contributed by atoms with Crippen molar-refractivity contribution in [2.75, 3.05) is 19.6 Å². The lowest BCUT2D eigenvalue weighted by Crippen LogP contribution is -2.44. The maximum atomic E-state index is 13.2. The summed E-state index contributed by atoms with van der Waals surface area (Å²) >= 11 is 5.83. The standard InChI is InChI=1S/C37H41ClN4O3/c1-23(2)32-19-27(21-39)20-33-34(32)45-36(41-33)30-11-9-29(10-12-30)35(43)40-22-26-15-17-42(18-16-26)37(44)31-13-7-28(8-14-31)24(3)5-6-25(4)38/h5-6,9-12,19-20,23,26,28,31H,3-4,7-8,13-18,22H2,1-2H3,(H,40,43)/b6-5-. The lowest BCUT2D eigenvalue weighted by molar-refractivity contribution is -0.138. The molecule has 1 N–H and O–H groups in total. The topological polar surface area (TPSA) is 99.2 Å². The van der Waals surface area contributed by atoms with E-state index in [4.69, 9.17) is 16.0 Å². The average Bonchev–Trinajstić information content (AvgIpc) is 3.50. The number of benzene rings is 2. The number of hydrogen-bond acceptors (Lipinski definition) is 5. The van der Waals surface area contributed by atoms with Crippen LogP contribution in [0.15, 0.2) is 76.7 Å². The smallest absolute Gasteiger partial charge is 0.251 e. The van der Waals surface area contributed by atoms with E-state index in [1.54, 1.807) is 24.3 Å². The van der Waals surface area contributed by atoms with E-state index in [2.05, 4.69) is 43.4 Å². The number of nitrogens with zero attached hydrogens (tertiary/aromatic N) is 3. The van der Waals surface area contributed by atoms with Gasteiger partial charge in [0.1, 0.15) is 5.52 Å². The van der Waals surface area contributed by atoms with Crippen LogP contribution < -0.4 is 5.32 Å². The number of piperidine rings is 1. The number of likely N-dealkylation sites (tertiary alicyclic amines) is 1. The average molecular weight is 625 g/mol. The molecule has 1 saturated carbocycles. The number of hydrogen-bond donors (Lipinski definition) is 1. The molecule has 234 valence electrons. The SMILES string of the molecule is C=C(Cl)/C=C\C(=C)C1CCC(C(=O)N2CCC(CNC(=O)c3ccc(-c4nc5cc(C#N)cc(C(C)C)c5o4)cc3)CC2)CC1. The molecule has 0 atom stereocenters. The Hall–Kier alpha value is -4.15. The predicted molar refractivity (Wildman–Crippen MR) is 179 cm³/mol. The van der Waals surface area contributed by atoms with Crippen LogP contribution in [0.4, 0.5) is 0 Å². The predicted octanol–water partition coefficient (Wildman–Crippen LogP) is 8.13. The zero-order valence-electron chi connectivity index (χ0n) is 26.2. The van der Waals surface area contributed by atoms with E-state index in [0.717, 1.165) is 68.3 Å². The second kappa shape index (κ2) is 14.3. The summed E-state index contributed by atoms with van der Waals surface area (Å²) in [6.07, 6.45) is 9.20. The minimum absolute atomic E-state index is 0.0855. The third kappa shape index (κ3) is 7.75. The van der Waals surface area contributed by atoms with Crippen LogP contribution >= 0.6 is 11.6 Å². The summed E-state index contributed by atoms with van der Waals surface area (Å²) in [6, 6.07) is 13.0. The molecule has 45 heavy (non-hydrogen) atoms. The normalized spacial score (nSPS) is 19.1. The van der Waals surface area contributed by atoms with Gasteiger partial charge in [0.2, 0.25) is 11.8 Å². The monoisotopic (exact) mass is 624 g/mol. The molecule has 2 amide bonds. The number of halogens is 1. The van der Waals surface area contributed by atoms with Crippen molar-refractivity contribution in [3.8, 4) is 17.5 Å². The number of carbonyl (C=O) groups excluding carboxylic acids is 2. The Kier molecular flexibility index (Phi) is 10.2. The molecule has 5 rings (SSSR count). The minimum Gasteiger partial charge on any atom is -0.436 e. The van der Waals surface area contributed by atoms with Crippen molar-refractivity contribution in [2.45, 2.75) is 58.3 Å². The van der Waals surface area contributed by atoms with Gasteiger partial charge in [-0.3, -0.25) is 9.59 Å². The van der Waals surface area contributed by atoms with E-state index in [0.29, 0.717) is 51.5 Å². The maximum absolute atomic E-state index is 13.2. The van der Waals surface area contributed by atoms with Crippen molar-refractivity contribution in [3.63, 3.8) is 0 Å². The fraction of sp³-hybridized carbons (Fsp3) is 0.405. The highest BCUT2D eigenvalue weighted by atomic mass is 35.5. The quantitative estimate of drug-likeness (QED) is 0.242. The molecule has 1 aliphatic carbocycles. The van der Waals surface area contributed by atoms with Crippen molar-refractivity contribution in [2.24, 2.45) is 17.8 Å². The molecule has 8 heteroatoms. The number of amides is 2. The molecule has 3 aromatic rings. The van der Waals surface area contributed by atoms with Gasteiger partial charge in [0, 0.05) is 47.3 Å². The summed E-state index contributed by atoms with van der Waals surface area (Å²) in [4.78, 5) is 32.8. The van der Waals surface area contributed by atoms with Crippen LogP contribution in [-0.4, -0.2) is 41.3 Å². The summed E-state index contributed by atoms with van der Waals surface area (Å²) in [6.45, 7) is 14.0. The third-order valence-electron chi connectivity index (χ3n) is 9.22. The Balaban J connectivity index is 1.08. The summed E-state index contributed by atoms with van der Waals surface area (Å²) in [5, 5.41) is 13.0. The van der Waals surface area contributed by atoms with Gasteiger partial charge >= 0.3 is 0 Å². The highest BCUT2D eigenvalue weighted by Crippen LogP contribution is 2.35. The van der Waals surface area contributed by atoms with Crippen LogP contribution in [0.2, 0.25) is 0 Å². The first kappa shape index (κ1) is 32.2. The molecule has 1 saturated heterocycles. The number of nitriles is 1. The number of allylic oxidation sites excluding steroid dienone is 4. The molecule has 2 aliphatic rings. The minimum atomic E-state index is -0.123. The van der Waals surface area contributed by atoms with E-state index < -0.39 is 0 Å². The Labute approximate surface area is 270 Å². The summed E-state index contributed by atoms with van der Waals surface area (Å²) in [5.41, 5.74) is 5.23. The number of oxazole rings is 1. The lowest BCUT2D eigenvalue weighted by atomic mass is 9.78. The van der Waals surface area contributed by atoms with Gasteiger partial charge in [0.15, 0.2) is 5.58 Å². The van der Waals surface area contributed by atoms with Crippen molar-refractivity contribution >= 4 is 34.5 Å². The molecule has 1 aliphatic heterocycles. The molecule has 0 spiro atoms. The molecule has 1 aromatic heterocycles. The zero-order valence-corrected chi connectivity index (χ0v) is 26.9. The summed E-state index contributed by atoms with van der Waals surface area (Å²) < 4.78 is 6.11. The number of fused-ring (bicyclic) bond motifs is 1.